The predicted molar refractivity (Wildman–Crippen MR) is 82.2 cm³/mol. The minimum atomic E-state index is -0.286. The number of thioether (sulfide) groups is 1. The van der Waals surface area contributed by atoms with E-state index in [0.29, 0.717) is 12.0 Å². The van der Waals surface area contributed by atoms with Crippen LogP contribution in [0.15, 0.2) is 18.2 Å². The number of rotatable bonds is 3. The number of aliphatic hydroxyl groups excluding tert-OH is 1. The van der Waals surface area contributed by atoms with Gasteiger partial charge in [0.25, 0.3) is 0 Å². The summed E-state index contributed by atoms with van der Waals surface area (Å²) in [6.45, 7) is 3.07. The lowest BCUT2D eigenvalue weighted by atomic mass is 10.1. The molecule has 1 N–H and O–H groups in total. The molecule has 0 bridgehead atoms. The zero-order chi connectivity index (χ0) is 14.2. The third kappa shape index (κ3) is 4.82. The average Bonchev–Trinajstić information content (AvgIpc) is 2.71. The Kier molecular flexibility index (Phi) is 6.38. The number of benzene rings is 1. The first-order valence-electron chi connectivity index (χ1n) is 6.98. The van der Waals surface area contributed by atoms with Gasteiger partial charge in [-0.25, -0.2) is 4.39 Å². The Balaban J connectivity index is 2.04. The van der Waals surface area contributed by atoms with Crippen LogP contribution in [-0.2, 0) is 6.54 Å². The van der Waals surface area contributed by atoms with Crippen molar-refractivity contribution in [1.82, 2.24) is 4.90 Å². The monoisotopic (exact) mass is 293 g/mol. The van der Waals surface area contributed by atoms with E-state index in [1.165, 1.54) is 24.0 Å². The molecule has 0 aromatic heterocycles. The SMILES string of the molecule is OCCC#Cc1cc(CN2CCCSCC2)ccc1F. The molecule has 0 unspecified atom stereocenters. The van der Waals surface area contributed by atoms with Gasteiger partial charge in [0.1, 0.15) is 5.82 Å². The first-order chi connectivity index (χ1) is 9.79. The van der Waals surface area contributed by atoms with Crippen molar-refractivity contribution in [2.75, 3.05) is 31.2 Å². The second kappa shape index (κ2) is 8.31. The van der Waals surface area contributed by atoms with E-state index in [4.69, 9.17) is 5.11 Å². The fourth-order valence-electron chi connectivity index (χ4n) is 2.19. The molecule has 1 heterocycles. The van der Waals surface area contributed by atoms with Gasteiger partial charge >= 0.3 is 0 Å². The summed E-state index contributed by atoms with van der Waals surface area (Å²) < 4.78 is 13.7. The Morgan fingerprint density at radius 2 is 2.20 bits per heavy atom. The highest BCUT2D eigenvalue weighted by molar-refractivity contribution is 7.99. The molecule has 0 spiro atoms. The highest BCUT2D eigenvalue weighted by atomic mass is 32.2. The molecule has 1 aliphatic heterocycles. The van der Waals surface area contributed by atoms with Crippen LogP contribution in [0.25, 0.3) is 0 Å². The summed E-state index contributed by atoms with van der Waals surface area (Å²) in [6, 6.07) is 5.16. The second-order valence-corrected chi connectivity index (χ2v) is 6.06. The third-order valence-electron chi connectivity index (χ3n) is 3.21. The summed E-state index contributed by atoms with van der Waals surface area (Å²) in [6.07, 6.45) is 1.60. The summed E-state index contributed by atoms with van der Waals surface area (Å²) in [7, 11) is 0. The fourth-order valence-corrected chi connectivity index (χ4v) is 3.12. The molecular weight excluding hydrogens is 273 g/mol. The Bertz CT molecular complexity index is 487. The molecule has 4 heteroatoms. The van der Waals surface area contributed by atoms with Crippen molar-refractivity contribution in [2.24, 2.45) is 0 Å². The van der Waals surface area contributed by atoms with Gasteiger partial charge in [0.2, 0.25) is 0 Å². The highest BCUT2D eigenvalue weighted by Gasteiger charge is 2.10. The lowest BCUT2D eigenvalue weighted by molar-refractivity contribution is 0.287. The number of hydrogen-bond donors (Lipinski definition) is 1. The Morgan fingerprint density at radius 1 is 1.30 bits per heavy atom. The zero-order valence-corrected chi connectivity index (χ0v) is 12.4. The molecule has 0 atom stereocenters. The number of nitrogens with zero attached hydrogens (tertiary/aromatic N) is 1. The molecule has 1 saturated heterocycles. The van der Waals surface area contributed by atoms with E-state index >= 15 is 0 Å². The van der Waals surface area contributed by atoms with Crippen LogP contribution in [0.3, 0.4) is 0 Å². The minimum Gasteiger partial charge on any atom is -0.395 e. The van der Waals surface area contributed by atoms with Gasteiger partial charge in [0.15, 0.2) is 0 Å². The topological polar surface area (TPSA) is 23.5 Å². The van der Waals surface area contributed by atoms with Crippen LogP contribution in [0.2, 0.25) is 0 Å². The van der Waals surface area contributed by atoms with Crippen LogP contribution in [-0.4, -0.2) is 41.2 Å². The van der Waals surface area contributed by atoms with Gasteiger partial charge in [0, 0.05) is 25.3 Å². The van der Waals surface area contributed by atoms with Gasteiger partial charge in [-0.15, -0.1) is 0 Å². The summed E-state index contributed by atoms with van der Waals surface area (Å²) in [4.78, 5) is 2.41. The minimum absolute atomic E-state index is 0.0136. The van der Waals surface area contributed by atoms with E-state index in [1.807, 2.05) is 23.9 Å². The maximum Gasteiger partial charge on any atom is 0.138 e. The molecule has 1 aromatic rings. The van der Waals surface area contributed by atoms with Crippen molar-refractivity contribution in [3.8, 4) is 11.8 Å². The number of aliphatic hydroxyl groups is 1. The Labute approximate surface area is 124 Å². The highest BCUT2D eigenvalue weighted by Crippen LogP contribution is 2.15. The normalized spacial score (nSPS) is 16.3. The van der Waals surface area contributed by atoms with Crippen molar-refractivity contribution in [3.63, 3.8) is 0 Å². The summed E-state index contributed by atoms with van der Waals surface area (Å²) in [5, 5.41) is 8.71. The largest absolute Gasteiger partial charge is 0.395 e. The molecule has 1 fully saturated rings. The zero-order valence-electron chi connectivity index (χ0n) is 11.6. The van der Waals surface area contributed by atoms with Crippen LogP contribution in [0.4, 0.5) is 4.39 Å². The molecule has 1 aliphatic rings. The van der Waals surface area contributed by atoms with Crippen LogP contribution >= 0.6 is 11.8 Å². The van der Waals surface area contributed by atoms with Crippen molar-refractivity contribution < 1.29 is 9.50 Å². The molecule has 0 aliphatic carbocycles. The summed E-state index contributed by atoms with van der Waals surface area (Å²) in [5.41, 5.74) is 1.53. The Hall–Kier alpha value is -1.02. The molecule has 108 valence electrons. The molecule has 0 amide bonds. The van der Waals surface area contributed by atoms with Gasteiger partial charge in [0.05, 0.1) is 12.2 Å². The van der Waals surface area contributed by atoms with Gasteiger partial charge < -0.3 is 5.11 Å². The van der Waals surface area contributed by atoms with E-state index in [1.54, 1.807) is 0 Å². The van der Waals surface area contributed by atoms with E-state index in [9.17, 15) is 4.39 Å². The van der Waals surface area contributed by atoms with E-state index < -0.39 is 0 Å². The smallest absolute Gasteiger partial charge is 0.138 e. The molecule has 20 heavy (non-hydrogen) atoms. The second-order valence-electron chi connectivity index (χ2n) is 4.83. The average molecular weight is 293 g/mol. The fraction of sp³-hybridized carbons (Fsp3) is 0.500. The van der Waals surface area contributed by atoms with Crippen LogP contribution in [0, 0.1) is 17.7 Å². The quantitative estimate of drug-likeness (QED) is 0.866. The van der Waals surface area contributed by atoms with Gasteiger partial charge in [-0.05, 0) is 36.4 Å². The predicted octanol–water partition coefficient (Wildman–Crippen LogP) is 2.50. The molecule has 2 rings (SSSR count). The van der Waals surface area contributed by atoms with Crippen LogP contribution < -0.4 is 0 Å². The summed E-state index contributed by atoms with van der Waals surface area (Å²) >= 11 is 2.00. The third-order valence-corrected chi connectivity index (χ3v) is 4.26. The van der Waals surface area contributed by atoms with Crippen molar-refractivity contribution >= 4 is 11.8 Å². The molecule has 0 saturated carbocycles. The standard InChI is InChI=1S/C16H20FNOS/c17-16-6-5-14(12-15(16)4-1-2-9-19)13-18-7-3-10-20-11-8-18/h5-6,12,19H,2-3,7-11,13H2. The number of hydrogen-bond acceptors (Lipinski definition) is 3. The van der Waals surface area contributed by atoms with Gasteiger partial charge in [-0.3, -0.25) is 4.90 Å². The van der Waals surface area contributed by atoms with Gasteiger partial charge in [-0.1, -0.05) is 17.9 Å². The molecule has 2 nitrogen and oxygen atoms in total. The van der Waals surface area contributed by atoms with E-state index in [-0.39, 0.29) is 12.4 Å². The van der Waals surface area contributed by atoms with Crippen molar-refractivity contribution in [1.29, 1.82) is 0 Å². The molecule has 1 aromatic carbocycles. The maximum atomic E-state index is 13.7. The lowest BCUT2D eigenvalue weighted by Gasteiger charge is -2.19. The first-order valence-corrected chi connectivity index (χ1v) is 8.13. The Morgan fingerprint density at radius 3 is 3.05 bits per heavy atom. The van der Waals surface area contributed by atoms with Crippen LogP contribution in [0.5, 0.6) is 0 Å². The van der Waals surface area contributed by atoms with E-state index in [2.05, 4.69) is 16.7 Å². The summed E-state index contributed by atoms with van der Waals surface area (Å²) in [5.74, 6) is 7.69. The molecular formula is C16H20FNOS. The van der Waals surface area contributed by atoms with E-state index in [0.717, 1.165) is 25.2 Å². The van der Waals surface area contributed by atoms with Crippen molar-refractivity contribution in [2.45, 2.75) is 19.4 Å². The molecule has 0 radical (unpaired) electrons. The maximum absolute atomic E-state index is 13.7. The van der Waals surface area contributed by atoms with Crippen molar-refractivity contribution in [3.05, 3.63) is 35.1 Å². The van der Waals surface area contributed by atoms with Crippen LogP contribution in [0.1, 0.15) is 24.0 Å². The van der Waals surface area contributed by atoms with Gasteiger partial charge in [-0.2, -0.15) is 11.8 Å². The number of halogens is 1. The lowest BCUT2D eigenvalue weighted by Crippen LogP contribution is -2.25. The first kappa shape index (κ1) is 15.4.